The molecule has 1 saturated heterocycles. The van der Waals surface area contributed by atoms with Crippen molar-refractivity contribution >= 4 is 12.0 Å². The second-order valence-corrected chi connectivity index (χ2v) is 4.61. The van der Waals surface area contributed by atoms with Gasteiger partial charge in [-0.3, -0.25) is 4.79 Å². The van der Waals surface area contributed by atoms with Crippen LogP contribution < -0.4 is 0 Å². The summed E-state index contributed by atoms with van der Waals surface area (Å²) in [5.41, 5.74) is 0. The maximum absolute atomic E-state index is 12.1. The lowest BCUT2D eigenvalue weighted by molar-refractivity contribution is -0.143. The number of piperidine rings is 1. The van der Waals surface area contributed by atoms with Crippen LogP contribution in [0.2, 0.25) is 0 Å². The van der Waals surface area contributed by atoms with Gasteiger partial charge in [0.15, 0.2) is 0 Å². The van der Waals surface area contributed by atoms with Crippen molar-refractivity contribution in [2.24, 2.45) is 5.92 Å². The van der Waals surface area contributed by atoms with Crippen LogP contribution in [0.3, 0.4) is 0 Å². The molecule has 0 spiro atoms. The SMILES string of the molecule is O=C(O)C1CCCN(C(=O)N2CC=CCC2)C1. The molecule has 0 aromatic carbocycles. The number of hydrogen-bond donors (Lipinski definition) is 1. The lowest BCUT2D eigenvalue weighted by Crippen LogP contribution is -2.49. The topological polar surface area (TPSA) is 60.9 Å². The monoisotopic (exact) mass is 238 g/mol. The van der Waals surface area contributed by atoms with Gasteiger partial charge in [0, 0.05) is 26.2 Å². The third-order valence-corrected chi connectivity index (χ3v) is 3.37. The summed E-state index contributed by atoms with van der Waals surface area (Å²) in [6, 6.07) is -0.0136. The first-order valence-electron chi connectivity index (χ1n) is 6.10. The van der Waals surface area contributed by atoms with E-state index in [4.69, 9.17) is 5.11 Å². The molecule has 0 bridgehead atoms. The standard InChI is InChI=1S/C12H18N2O3/c15-11(16)10-5-4-8-14(9-10)12(17)13-6-2-1-3-7-13/h1-2,10H,3-9H2,(H,15,16). The van der Waals surface area contributed by atoms with Crippen molar-refractivity contribution in [2.75, 3.05) is 26.2 Å². The molecule has 17 heavy (non-hydrogen) atoms. The Balaban J connectivity index is 1.94. The zero-order valence-corrected chi connectivity index (χ0v) is 9.84. The summed E-state index contributed by atoms with van der Waals surface area (Å²) in [6.45, 7) is 2.42. The second-order valence-electron chi connectivity index (χ2n) is 4.61. The molecule has 1 fully saturated rings. The molecule has 2 rings (SSSR count). The molecule has 2 amide bonds. The largest absolute Gasteiger partial charge is 0.481 e. The molecule has 2 aliphatic heterocycles. The average Bonchev–Trinajstić information content (AvgIpc) is 2.39. The first kappa shape index (κ1) is 12.0. The summed E-state index contributed by atoms with van der Waals surface area (Å²) in [5.74, 6) is -1.19. The van der Waals surface area contributed by atoms with Crippen molar-refractivity contribution in [1.29, 1.82) is 0 Å². The molecule has 5 heteroatoms. The van der Waals surface area contributed by atoms with Gasteiger partial charge in [-0.05, 0) is 19.3 Å². The third kappa shape index (κ3) is 2.78. The maximum Gasteiger partial charge on any atom is 0.320 e. The van der Waals surface area contributed by atoms with Gasteiger partial charge in [0.25, 0.3) is 0 Å². The molecule has 1 atom stereocenters. The van der Waals surface area contributed by atoms with Gasteiger partial charge >= 0.3 is 12.0 Å². The summed E-state index contributed by atoms with van der Waals surface area (Å²) >= 11 is 0. The van der Waals surface area contributed by atoms with E-state index >= 15 is 0 Å². The van der Waals surface area contributed by atoms with E-state index in [1.54, 1.807) is 9.80 Å². The summed E-state index contributed by atoms with van der Waals surface area (Å²) in [6.07, 6.45) is 6.41. The fourth-order valence-corrected chi connectivity index (χ4v) is 2.37. The van der Waals surface area contributed by atoms with Crippen molar-refractivity contribution in [3.63, 3.8) is 0 Å². The van der Waals surface area contributed by atoms with E-state index in [-0.39, 0.29) is 6.03 Å². The van der Waals surface area contributed by atoms with Crippen molar-refractivity contribution in [3.05, 3.63) is 12.2 Å². The van der Waals surface area contributed by atoms with Crippen molar-refractivity contribution < 1.29 is 14.7 Å². The fraction of sp³-hybridized carbons (Fsp3) is 0.667. The normalized spacial score (nSPS) is 24.8. The Morgan fingerprint density at radius 3 is 2.65 bits per heavy atom. The summed E-state index contributed by atoms with van der Waals surface area (Å²) in [4.78, 5) is 26.5. The zero-order chi connectivity index (χ0) is 12.3. The predicted octanol–water partition coefficient (Wildman–Crippen LogP) is 1.16. The number of likely N-dealkylation sites (tertiary alicyclic amines) is 1. The van der Waals surface area contributed by atoms with Crippen LogP contribution in [0.1, 0.15) is 19.3 Å². The number of aliphatic carboxylic acids is 1. The highest BCUT2D eigenvalue weighted by Crippen LogP contribution is 2.18. The molecule has 94 valence electrons. The van der Waals surface area contributed by atoms with Crippen molar-refractivity contribution in [1.82, 2.24) is 9.80 Å². The average molecular weight is 238 g/mol. The van der Waals surface area contributed by atoms with Crippen LogP contribution >= 0.6 is 0 Å². The number of amides is 2. The van der Waals surface area contributed by atoms with Gasteiger partial charge in [-0.15, -0.1) is 0 Å². The molecule has 0 aromatic heterocycles. The van der Waals surface area contributed by atoms with Gasteiger partial charge in [-0.1, -0.05) is 12.2 Å². The lowest BCUT2D eigenvalue weighted by Gasteiger charge is -2.35. The summed E-state index contributed by atoms with van der Waals surface area (Å²) < 4.78 is 0. The van der Waals surface area contributed by atoms with Crippen LogP contribution in [0.25, 0.3) is 0 Å². The molecule has 2 heterocycles. The Labute approximate surface area is 101 Å². The van der Waals surface area contributed by atoms with Crippen LogP contribution in [0.5, 0.6) is 0 Å². The van der Waals surface area contributed by atoms with Crippen molar-refractivity contribution in [2.45, 2.75) is 19.3 Å². The van der Waals surface area contributed by atoms with Gasteiger partial charge < -0.3 is 14.9 Å². The number of hydrogen-bond acceptors (Lipinski definition) is 2. The molecule has 5 nitrogen and oxygen atoms in total. The molecular formula is C12H18N2O3. The lowest BCUT2D eigenvalue weighted by atomic mass is 9.98. The minimum atomic E-state index is -0.791. The number of carbonyl (C=O) groups excluding carboxylic acids is 1. The number of carboxylic acid groups (broad SMARTS) is 1. The Kier molecular flexibility index (Phi) is 3.66. The third-order valence-electron chi connectivity index (χ3n) is 3.37. The van der Waals surface area contributed by atoms with Gasteiger partial charge in [-0.25, -0.2) is 4.79 Å². The van der Waals surface area contributed by atoms with E-state index in [0.29, 0.717) is 26.1 Å². The number of nitrogens with zero attached hydrogens (tertiary/aromatic N) is 2. The first-order valence-corrected chi connectivity index (χ1v) is 6.10. The van der Waals surface area contributed by atoms with Crippen molar-refractivity contribution in [3.8, 4) is 0 Å². The molecule has 0 aromatic rings. The van der Waals surface area contributed by atoms with Gasteiger partial charge in [0.2, 0.25) is 0 Å². The molecule has 2 aliphatic rings. The minimum Gasteiger partial charge on any atom is -0.481 e. The van der Waals surface area contributed by atoms with E-state index < -0.39 is 11.9 Å². The summed E-state index contributed by atoms with van der Waals surface area (Å²) in [7, 11) is 0. The van der Waals surface area contributed by atoms with Crippen LogP contribution in [-0.4, -0.2) is 53.1 Å². The van der Waals surface area contributed by atoms with Gasteiger partial charge in [0.1, 0.15) is 0 Å². The maximum atomic E-state index is 12.1. The Bertz CT molecular complexity index is 341. The number of carboxylic acids is 1. The molecule has 0 aliphatic carbocycles. The summed E-state index contributed by atoms with van der Waals surface area (Å²) in [5, 5.41) is 8.99. The first-order chi connectivity index (χ1) is 8.18. The Morgan fingerprint density at radius 2 is 2.00 bits per heavy atom. The number of rotatable bonds is 1. The van der Waals surface area contributed by atoms with E-state index in [1.165, 1.54) is 0 Å². The second kappa shape index (κ2) is 5.21. The van der Waals surface area contributed by atoms with E-state index in [1.807, 2.05) is 6.08 Å². The van der Waals surface area contributed by atoms with E-state index in [9.17, 15) is 9.59 Å². The molecule has 1 N–H and O–H groups in total. The highest BCUT2D eigenvalue weighted by Gasteiger charge is 2.30. The highest BCUT2D eigenvalue weighted by molar-refractivity contribution is 5.77. The smallest absolute Gasteiger partial charge is 0.320 e. The van der Waals surface area contributed by atoms with E-state index in [2.05, 4.69) is 6.08 Å². The predicted molar refractivity (Wildman–Crippen MR) is 62.7 cm³/mol. The Morgan fingerprint density at radius 1 is 1.18 bits per heavy atom. The van der Waals surface area contributed by atoms with Crippen LogP contribution in [0.4, 0.5) is 4.79 Å². The molecule has 1 unspecified atom stereocenters. The number of urea groups is 1. The van der Waals surface area contributed by atoms with Gasteiger partial charge in [-0.2, -0.15) is 0 Å². The quantitative estimate of drug-likeness (QED) is 0.697. The minimum absolute atomic E-state index is 0.0136. The number of carbonyl (C=O) groups is 2. The van der Waals surface area contributed by atoms with Crippen LogP contribution in [0, 0.1) is 5.92 Å². The van der Waals surface area contributed by atoms with E-state index in [0.717, 1.165) is 19.4 Å². The molecular weight excluding hydrogens is 220 g/mol. The van der Waals surface area contributed by atoms with Gasteiger partial charge in [0.05, 0.1) is 5.92 Å². The molecule has 0 saturated carbocycles. The van der Waals surface area contributed by atoms with Crippen LogP contribution in [0.15, 0.2) is 12.2 Å². The molecule has 0 radical (unpaired) electrons. The highest BCUT2D eigenvalue weighted by atomic mass is 16.4. The zero-order valence-electron chi connectivity index (χ0n) is 9.84. The fourth-order valence-electron chi connectivity index (χ4n) is 2.37. The van der Waals surface area contributed by atoms with Crippen LogP contribution in [-0.2, 0) is 4.79 Å². The Hall–Kier alpha value is -1.52.